The largest absolute Gasteiger partial charge is 0.356 e. The summed E-state index contributed by atoms with van der Waals surface area (Å²) >= 11 is 1.68. The Bertz CT molecular complexity index is 467. The average Bonchev–Trinajstić information content (AvgIpc) is 3.05. The molecule has 0 spiro atoms. The lowest BCUT2D eigenvalue weighted by Gasteiger charge is -2.22. The van der Waals surface area contributed by atoms with E-state index in [-0.39, 0.29) is 5.91 Å². The fourth-order valence-corrected chi connectivity index (χ4v) is 3.31. The van der Waals surface area contributed by atoms with E-state index >= 15 is 0 Å². The Morgan fingerprint density at radius 1 is 1.32 bits per heavy atom. The van der Waals surface area contributed by atoms with Gasteiger partial charge in [0, 0.05) is 32.6 Å². The van der Waals surface area contributed by atoms with Crippen molar-refractivity contribution < 1.29 is 4.79 Å². The van der Waals surface area contributed by atoms with Crippen molar-refractivity contribution in [3.05, 3.63) is 22.4 Å². The molecular weight excluding hydrogens is 296 g/mol. The van der Waals surface area contributed by atoms with Gasteiger partial charge in [-0.1, -0.05) is 19.3 Å². The molecule has 0 radical (unpaired) electrons. The molecule has 22 heavy (non-hydrogen) atoms. The van der Waals surface area contributed by atoms with E-state index in [1.165, 1.54) is 24.8 Å². The first-order valence-electron chi connectivity index (χ1n) is 8.03. The molecule has 6 heteroatoms. The van der Waals surface area contributed by atoms with E-state index < -0.39 is 0 Å². The highest BCUT2D eigenvalue weighted by atomic mass is 32.1. The van der Waals surface area contributed by atoms with E-state index in [2.05, 4.69) is 37.8 Å². The molecule has 0 atom stereocenters. The van der Waals surface area contributed by atoms with Gasteiger partial charge in [0.1, 0.15) is 0 Å². The van der Waals surface area contributed by atoms with Crippen LogP contribution in [0.4, 0.5) is 0 Å². The Labute approximate surface area is 136 Å². The third-order valence-corrected chi connectivity index (χ3v) is 4.61. The quantitative estimate of drug-likeness (QED) is 0.556. The van der Waals surface area contributed by atoms with Gasteiger partial charge in [0.05, 0.1) is 0 Å². The maximum Gasteiger partial charge on any atom is 0.221 e. The number of aliphatic imine (C=N–C) groups is 1. The molecule has 5 nitrogen and oxygen atoms in total. The molecule has 122 valence electrons. The summed E-state index contributed by atoms with van der Waals surface area (Å²) in [7, 11) is 1.74. The predicted molar refractivity (Wildman–Crippen MR) is 92.2 cm³/mol. The Kier molecular flexibility index (Phi) is 7.22. The van der Waals surface area contributed by atoms with Crippen molar-refractivity contribution in [1.82, 2.24) is 16.0 Å². The second-order valence-electron chi connectivity index (χ2n) is 5.64. The lowest BCUT2D eigenvalue weighted by Crippen LogP contribution is -2.41. The number of amides is 1. The minimum atomic E-state index is 0.132. The predicted octanol–water partition coefficient (Wildman–Crippen LogP) is 2.25. The van der Waals surface area contributed by atoms with Crippen molar-refractivity contribution in [1.29, 1.82) is 0 Å². The van der Waals surface area contributed by atoms with Crippen LogP contribution in [0, 0.1) is 0 Å². The van der Waals surface area contributed by atoms with E-state index in [9.17, 15) is 4.79 Å². The molecule has 1 amide bonds. The van der Waals surface area contributed by atoms with Crippen LogP contribution in [0.15, 0.2) is 21.8 Å². The molecule has 0 saturated heterocycles. The summed E-state index contributed by atoms with van der Waals surface area (Å²) in [5, 5.41) is 13.7. The second-order valence-corrected chi connectivity index (χ2v) is 6.42. The normalized spacial score (nSPS) is 16.3. The van der Waals surface area contributed by atoms with Gasteiger partial charge in [-0.2, -0.15) is 11.3 Å². The maximum absolute atomic E-state index is 11.9. The van der Waals surface area contributed by atoms with E-state index in [0.29, 0.717) is 19.0 Å². The average molecular weight is 322 g/mol. The van der Waals surface area contributed by atoms with Crippen LogP contribution < -0.4 is 16.0 Å². The zero-order valence-corrected chi connectivity index (χ0v) is 14.0. The monoisotopic (exact) mass is 322 g/mol. The Balaban J connectivity index is 1.60. The van der Waals surface area contributed by atoms with Gasteiger partial charge in [-0.15, -0.1) is 0 Å². The first-order chi connectivity index (χ1) is 10.8. The minimum Gasteiger partial charge on any atom is -0.356 e. The molecule has 1 saturated carbocycles. The van der Waals surface area contributed by atoms with Crippen molar-refractivity contribution in [3.8, 4) is 0 Å². The molecule has 0 unspecified atom stereocenters. The van der Waals surface area contributed by atoms with Crippen LogP contribution >= 0.6 is 11.3 Å². The van der Waals surface area contributed by atoms with Crippen molar-refractivity contribution in [2.24, 2.45) is 4.99 Å². The third kappa shape index (κ3) is 6.05. The number of hydrogen-bond donors (Lipinski definition) is 3. The maximum atomic E-state index is 11.9. The molecule has 1 heterocycles. The van der Waals surface area contributed by atoms with Crippen LogP contribution in [-0.4, -0.2) is 31.5 Å². The third-order valence-electron chi connectivity index (χ3n) is 3.88. The summed E-state index contributed by atoms with van der Waals surface area (Å²) in [5.41, 5.74) is 1.24. The summed E-state index contributed by atoms with van der Waals surface area (Å²) < 4.78 is 0. The minimum absolute atomic E-state index is 0.132. The Morgan fingerprint density at radius 3 is 2.82 bits per heavy atom. The number of hydrogen-bond acceptors (Lipinski definition) is 3. The molecule has 1 fully saturated rings. The Hall–Kier alpha value is -1.56. The molecule has 0 aliphatic heterocycles. The van der Waals surface area contributed by atoms with Crippen molar-refractivity contribution in [3.63, 3.8) is 0 Å². The van der Waals surface area contributed by atoms with Gasteiger partial charge in [0.2, 0.25) is 5.91 Å². The number of guanidine groups is 1. The number of nitrogens with zero attached hydrogens (tertiary/aromatic N) is 1. The lowest BCUT2D eigenvalue weighted by atomic mass is 9.95. The molecule has 2 rings (SSSR count). The van der Waals surface area contributed by atoms with E-state index in [1.54, 1.807) is 18.4 Å². The van der Waals surface area contributed by atoms with Crippen molar-refractivity contribution >= 4 is 23.2 Å². The molecule has 1 aliphatic rings. The molecule has 3 N–H and O–H groups in total. The zero-order valence-electron chi connectivity index (χ0n) is 13.2. The van der Waals surface area contributed by atoms with Crippen molar-refractivity contribution in [2.75, 3.05) is 13.6 Å². The summed E-state index contributed by atoms with van der Waals surface area (Å²) in [6.45, 7) is 1.35. The number of rotatable bonds is 6. The lowest BCUT2D eigenvalue weighted by molar-refractivity contribution is -0.121. The fourth-order valence-electron chi connectivity index (χ4n) is 2.64. The zero-order chi connectivity index (χ0) is 15.6. The molecular formula is C16H26N4OS. The van der Waals surface area contributed by atoms with Gasteiger partial charge in [-0.25, -0.2) is 0 Å². The van der Waals surface area contributed by atoms with E-state index in [0.717, 1.165) is 25.3 Å². The van der Waals surface area contributed by atoms with Crippen molar-refractivity contribution in [2.45, 2.75) is 51.1 Å². The summed E-state index contributed by atoms with van der Waals surface area (Å²) in [6, 6.07) is 2.47. The molecule has 1 aliphatic carbocycles. The van der Waals surface area contributed by atoms with Gasteiger partial charge < -0.3 is 16.0 Å². The highest BCUT2D eigenvalue weighted by molar-refractivity contribution is 7.07. The highest BCUT2D eigenvalue weighted by Crippen LogP contribution is 2.17. The van der Waals surface area contributed by atoms with E-state index in [4.69, 9.17) is 0 Å². The first-order valence-corrected chi connectivity index (χ1v) is 8.97. The number of thiophene rings is 1. The molecule has 1 aromatic rings. The van der Waals surface area contributed by atoms with Gasteiger partial charge in [-0.05, 0) is 35.2 Å². The summed E-state index contributed by atoms with van der Waals surface area (Å²) in [6.07, 6.45) is 6.52. The topological polar surface area (TPSA) is 65.5 Å². The number of nitrogens with one attached hydrogen (secondary N) is 3. The SMILES string of the molecule is CN=C(NCCC(=O)NC1CCCCC1)NCc1ccsc1. The second kappa shape index (κ2) is 9.46. The molecule has 0 aromatic carbocycles. The van der Waals surface area contributed by atoms with Crippen LogP contribution in [0.5, 0.6) is 0 Å². The van der Waals surface area contributed by atoms with E-state index in [1.807, 2.05) is 0 Å². The summed E-state index contributed by atoms with van der Waals surface area (Å²) in [4.78, 5) is 16.1. The van der Waals surface area contributed by atoms with Crippen LogP contribution in [0.25, 0.3) is 0 Å². The standard InChI is InChI=1S/C16H26N4OS/c1-17-16(19-11-13-8-10-22-12-13)18-9-7-15(21)20-14-5-3-2-4-6-14/h8,10,12,14H,2-7,9,11H2,1H3,(H,20,21)(H2,17,18,19). The smallest absolute Gasteiger partial charge is 0.221 e. The van der Waals surface area contributed by atoms with Crippen LogP contribution in [0.3, 0.4) is 0 Å². The van der Waals surface area contributed by atoms with Crippen LogP contribution in [-0.2, 0) is 11.3 Å². The number of carbonyl (C=O) groups excluding carboxylic acids is 1. The first kappa shape index (κ1) is 16.8. The van der Waals surface area contributed by atoms with Crippen LogP contribution in [0.2, 0.25) is 0 Å². The molecule has 0 bridgehead atoms. The van der Waals surface area contributed by atoms with Gasteiger partial charge in [0.15, 0.2) is 5.96 Å². The van der Waals surface area contributed by atoms with Gasteiger partial charge in [-0.3, -0.25) is 9.79 Å². The van der Waals surface area contributed by atoms with Gasteiger partial charge >= 0.3 is 0 Å². The highest BCUT2D eigenvalue weighted by Gasteiger charge is 2.15. The van der Waals surface area contributed by atoms with Crippen LogP contribution in [0.1, 0.15) is 44.1 Å². The fraction of sp³-hybridized carbons (Fsp3) is 0.625. The number of carbonyl (C=O) groups is 1. The van der Waals surface area contributed by atoms with Gasteiger partial charge in [0.25, 0.3) is 0 Å². The molecule has 1 aromatic heterocycles. The summed E-state index contributed by atoms with van der Waals surface area (Å²) in [5.74, 6) is 0.865. The Morgan fingerprint density at radius 2 is 2.14 bits per heavy atom.